The third kappa shape index (κ3) is 3.34. The average Bonchev–Trinajstić information content (AvgIpc) is 3.13. The molecule has 1 fully saturated rings. The fraction of sp³-hybridized carbons (Fsp3) is 0.474. The lowest BCUT2D eigenvalue weighted by Crippen LogP contribution is -2.30. The molecule has 0 spiro atoms. The van der Waals surface area contributed by atoms with E-state index in [0.717, 1.165) is 42.2 Å². The second kappa shape index (κ2) is 6.98. The van der Waals surface area contributed by atoms with Crippen LogP contribution in [0.3, 0.4) is 0 Å². The molecule has 4 nitrogen and oxygen atoms in total. The lowest BCUT2D eigenvalue weighted by molar-refractivity contribution is -0.132. The Balaban J connectivity index is 1.68. The minimum Gasteiger partial charge on any atom is -0.336 e. The van der Waals surface area contributed by atoms with Crippen molar-refractivity contribution in [3.05, 3.63) is 51.8 Å². The molecule has 0 radical (unpaired) electrons. The Labute approximate surface area is 148 Å². The number of halogens is 1. The molecule has 5 heteroatoms. The van der Waals surface area contributed by atoms with Gasteiger partial charge in [0.2, 0.25) is 5.91 Å². The predicted octanol–water partition coefficient (Wildman–Crippen LogP) is 3.99. The van der Waals surface area contributed by atoms with Crippen LogP contribution < -0.4 is 0 Å². The lowest BCUT2D eigenvalue weighted by atomic mass is 10.0. The highest BCUT2D eigenvalue weighted by molar-refractivity contribution is 6.30. The Morgan fingerprint density at radius 3 is 2.62 bits per heavy atom. The first-order valence-corrected chi connectivity index (χ1v) is 8.89. The third-order valence-electron chi connectivity index (χ3n) is 5.08. The topological polar surface area (TPSA) is 38.1 Å². The number of benzene rings is 1. The smallest absolute Gasteiger partial charge is 0.223 e. The van der Waals surface area contributed by atoms with Crippen LogP contribution in [0.15, 0.2) is 24.3 Å². The number of amides is 1. The summed E-state index contributed by atoms with van der Waals surface area (Å²) >= 11 is 5.98. The van der Waals surface area contributed by atoms with Crippen molar-refractivity contribution in [2.75, 3.05) is 6.54 Å². The highest BCUT2D eigenvalue weighted by Gasteiger charge is 2.29. The molecule has 1 unspecified atom stereocenters. The zero-order valence-corrected chi connectivity index (χ0v) is 15.3. The number of rotatable bonds is 4. The monoisotopic (exact) mass is 345 g/mol. The predicted molar refractivity (Wildman–Crippen MR) is 96.1 cm³/mol. The van der Waals surface area contributed by atoms with Crippen molar-refractivity contribution in [3.63, 3.8) is 0 Å². The molecule has 1 aromatic heterocycles. The van der Waals surface area contributed by atoms with Gasteiger partial charge in [-0.2, -0.15) is 5.10 Å². The van der Waals surface area contributed by atoms with Crippen LogP contribution in [0.4, 0.5) is 0 Å². The van der Waals surface area contributed by atoms with E-state index in [9.17, 15) is 4.79 Å². The summed E-state index contributed by atoms with van der Waals surface area (Å²) < 4.78 is 1.89. The molecule has 1 aliphatic heterocycles. The number of aromatic nitrogens is 2. The largest absolute Gasteiger partial charge is 0.336 e. The molecule has 128 valence electrons. The van der Waals surface area contributed by atoms with Gasteiger partial charge in [0.05, 0.1) is 11.7 Å². The van der Waals surface area contributed by atoms with Gasteiger partial charge >= 0.3 is 0 Å². The molecule has 1 saturated heterocycles. The molecule has 3 rings (SSSR count). The maximum absolute atomic E-state index is 12.8. The molecule has 0 bridgehead atoms. The minimum atomic E-state index is 0.186. The van der Waals surface area contributed by atoms with Crippen molar-refractivity contribution in [1.82, 2.24) is 14.7 Å². The van der Waals surface area contributed by atoms with Crippen molar-refractivity contribution in [3.8, 4) is 0 Å². The first kappa shape index (κ1) is 17.0. The van der Waals surface area contributed by atoms with E-state index in [1.54, 1.807) is 0 Å². The van der Waals surface area contributed by atoms with Gasteiger partial charge in [-0.15, -0.1) is 0 Å². The maximum Gasteiger partial charge on any atom is 0.223 e. The van der Waals surface area contributed by atoms with Crippen LogP contribution in [0.5, 0.6) is 0 Å². The Morgan fingerprint density at radius 2 is 2.00 bits per heavy atom. The number of aryl methyl sites for hydroxylation is 2. The number of hydrogen-bond acceptors (Lipinski definition) is 2. The van der Waals surface area contributed by atoms with Crippen LogP contribution in [0.1, 0.15) is 47.8 Å². The molecule has 0 aliphatic carbocycles. The number of carbonyl (C=O) groups excluding carboxylic acids is 1. The van der Waals surface area contributed by atoms with Crippen molar-refractivity contribution in [2.24, 2.45) is 7.05 Å². The van der Waals surface area contributed by atoms with Gasteiger partial charge in [0.15, 0.2) is 0 Å². The van der Waals surface area contributed by atoms with Gasteiger partial charge in [0.25, 0.3) is 0 Å². The molecule has 1 aliphatic rings. The molecule has 0 N–H and O–H groups in total. The molecule has 2 aromatic rings. The fourth-order valence-corrected chi connectivity index (χ4v) is 3.78. The summed E-state index contributed by atoms with van der Waals surface area (Å²) in [6, 6.07) is 8.06. The van der Waals surface area contributed by atoms with Gasteiger partial charge < -0.3 is 4.90 Å². The Kier molecular flexibility index (Phi) is 4.95. The molecule has 1 amide bonds. The van der Waals surface area contributed by atoms with E-state index >= 15 is 0 Å². The number of hydrogen-bond donors (Lipinski definition) is 0. The molecular weight excluding hydrogens is 322 g/mol. The van der Waals surface area contributed by atoms with E-state index < -0.39 is 0 Å². The molecule has 1 atom stereocenters. The quantitative estimate of drug-likeness (QED) is 0.840. The van der Waals surface area contributed by atoms with Crippen LogP contribution in [-0.4, -0.2) is 27.1 Å². The van der Waals surface area contributed by atoms with Crippen LogP contribution in [0.25, 0.3) is 0 Å². The normalized spacial score (nSPS) is 17.5. The molecular formula is C19H24ClN3O. The summed E-state index contributed by atoms with van der Waals surface area (Å²) in [7, 11) is 1.95. The van der Waals surface area contributed by atoms with Gasteiger partial charge in [0.1, 0.15) is 0 Å². The van der Waals surface area contributed by atoms with Gasteiger partial charge in [0, 0.05) is 30.7 Å². The zero-order valence-electron chi connectivity index (χ0n) is 14.6. The van der Waals surface area contributed by atoms with Gasteiger partial charge in [-0.1, -0.05) is 23.7 Å². The molecule has 1 aromatic carbocycles. The number of carbonyl (C=O) groups is 1. The standard InChI is InChI=1S/C19H24ClN3O/c1-13-17(14(2)22(3)21-13)10-11-19(24)23-12-4-5-18(23)15-6-8-16(20)9-7-15/h6-9,18H,4-5,10-12H2,1-3H3. The fourth-order valence-electron chi connectivity index (χ4n) is 3.65. The van der Waals surface area contributed by atoms with Crippen molar-refractivity contribution in [1.29, 1.82) is 0 Å². The van der Waals surface area contributed by atoms with E-state index in [1.165, 1.54) is 11.1 Å². The Hall–Kier alpha value is -1.81. The third-order valence-corrected chi connectivity index (χ3v) is 5.33. The first-order chi connectivity index (χ1) is 11.5. The maximum atomic E-state index is 12.8. The summed E-state index contributed by atoms with van der Waals surface area (Å²) in [5.41, 5.74) is 4.56. The molecule has 2 heterocycles. The van der Waals surface area contributed by atoms with Crippen molar-refractivity contribution in [2.45, 2.75) is 45.6 Å². The van der Waals surface area contributed by atoms with Crippen LogP contribution >= 0.6 is 11.6 Å². The molecule has 0 saturated carbocycles. The Bertz CT molecular complexity index is 736. The summed E-state index contributed by atoms with van der Waals surface area (Å²) in [6.45, 7) is 4.92. The summed E-state index contributed by atoms with van der Waals surface area (Å²) in [5, 5.41) is 5.17. The molecule has 24 heavy (non-hydrogen) atoms. The van der Waals surface area contributed by atoms with Crippen LogP contribution in [0.2, 0.25) is 5.02 Å². The zero-order chi connectivity index (χ0) is 17.3. The van der Waals surface area contributed by atoms with Gasteiger partial charge in [-0.25, -0.2) is 0 Å². The first-order valence-electron chi connectivity index (χ1n) is 8.51. The summed E-state index contributed by atoms with van der Waals surface area (Å²) in [5.74, 6) is 0.232. The second-order valence-electron chi connectivity index (χ2n) is 6.57. The number of nitrogens with zero attached hydrogens (tertiary/aromatic N) is 3. The van der Waals surface area contributed by atoms with Gasteiger partial charge in [-0.05, 0) is 56.4 Å². The van der Waals surface area contributed by atoms with E-state index in [0.29, 0.717) is 6.42 Å². The number of likely N-dealkylation sites (tertiary alicyclic amines) is 1. The van der Waals surface area contributed by atoms with Crippen LogP contribution in [0, 0.1) is 13.8 Å². The van der Waals surface area contributed by atoms with Crippen molar-refractivity contribution < 1.29 is 4.79 Å². The van der Waals surface area contributed by atoms with E-state index in [1.807, 2.05) is 47.8 Å². The van der Waals surface area contributed by atoms with E-state index in [2.05, 4.69) is 12.0 Å². The van der Waals surface area contributed by atoms with Gasteiger partial charge in [-0.3, -0.25) is 9.48 Å². The summed E-state index contributed by atoms with van der Waals surface area (Å²) in [6.07, 6.45) is 3.38. The Morgan fingerprint density at radius 1 is 1.29 bits per heavy atom. The van der Waals surface area contributed by atoms with Crippen LogP contribution in [-0.2, 0) is 18.3 Å². The average molecular weight is 346 g/mol. The SMILES string of the molecule is Cc1nn(C)c(C)c1CCC(=O)N1CCCC1c1ccc(Cl)cc1. The highest BCUT2D eigenvalue weighted by atomic mass is 35.5. The van der Waals surface area contributed by atoms with E-state index in [-0.39, 0.29) is 11.9 Å². The minimum absolute atomic E-state index is 0.186. The van der Waals surface area contributed by atoms with E-state index in [4.69, 9.17) is 11.6 Å². The highest BCUT2D eigenvalue weighted by Crippen LogP contribution is 2.33. The second-order valence-corrected chi connectivity index (χ2v) is 7.01. The lowest BCUT2D eigenvalue weighted by Gasteiger charge is -2.25. The van der Waals surface area contributed by atoms with Crippen molar-refractivity contribution >= 4 is 17.5 Å². The summed E-state index contributed by atoms with van der Waals surface area (Å²) in [4.78, 5) is 14.8.